The Balaban J connectivity index is 1.58. The van der Waals surface area contributed by atoms with E-state index >= 15 is 0 Å². The standard InChI is InChI=1S/C20H16N2O4/c23-20(21-17-10-12-18(13-11-17)22(24)25)16-8-6-15(7-9-16)14-26-19-4-2-1-3-5-19/h1-13H,14H2,(H,21,23). The number of nitrogens with one attached hydrogen (secondary N) is 1. The second kappa shape index (κ2) is 7.94. The molecule has 0 radical (unpaired) electrons. The summed E-state index contributed by atoms with van der Waals surface area (Å²) in [6.07, 6.45) is 0. The van der Waals surface area contributed by atoms with Crippen LogP contribution in [0.4, 0.5) is 11.4 Å². The normalized spacial score (nSPS) is 10.2. The molecule has 1 N–H and O–H groups in total. The van der Waals surface area contributed by atoms with Crippen LogP contribution in [0.25, 0.3) is 0 Å². The Morgan fingerprint density at radius 2 is 1.58 bits per heavy atom. The zero-order valence-corrected chi connectivity index (χ0v) is 13.8. The number of carbonyl (C=O) groups excluding carboxylic acids is 1. The van der Waals surface area contributed by atoms with E-state index in [0.29, 0.717) is 17.9 Å². The molecule has 26 heavy (non-hydrogen) atoms. The van der Waals surface area contributed by atoms with Gasteiger partial charge in [0.15, 0.2) is 0 Å². The maximum absolute atomic E-state index is 12.2. The van der Waals surface area contributed by atoms with Crippen LogP contribution in [0, 0.1) is 10.1 Å². The molecule has 0 aromatic heterocycles. The molecular formula is C20H16N2O4. The molecule has 3 aromatic carbocycles. The van der Waals surface area contributed by atoms with E-state index in [1.54, 1.807) is 12.1 Å². The van der Waals surface area contributed by atoms with E-state index in [0.717, 1.165) is 11.3 Å². The van der Waals surface area contributed by atoms with Crippen LogP contribution in [-0.4, -0.2) is 10.8 Å². The topological polar surface area (TPSA) is 81.5 Å². The van der Waals surface area contributed by atoms with Gasteiger partial charge in [0.05, 0.1) is 4.92 Å². The highest BCUT2D eigenvalue weighted by molar-refractivity contribution is 6.04. The fraction of sp³-hybridized carbons (Fsp3) is 0.0500. The van der Waals surface area contributed by atoms with Crippen LogP contribution in [-0.2, 0) is 6.61 Å². The van der Waals surface area contributed by atoms with Gasteiger partial charge in [0, 0.05) is 23.4 Å². The molecule has 0 atom stereocenters. The minimum atomic E-state index is -0.484. The first kappa shape index (κ1) is 17.2. The molecule has 1 amide bonds. The van der Waals surface area contributed by atoms with Gasteiger partial charge in [-0.3, -0.25) is 14.9 Å². The van der Waals surface area contributed by atoms with Crippen molar-refractivity contribution in [2.45, 2.75) is 6.61 Å². The molecule has 6 heteroatoms. The lowest BCUT2D eigenvalue weighted by molar-refractivity contribution is -0.384. The second-order valence-corrected chi connectivity index (χ2v) is 5.56. The predicted molar refractivity (Wildman–Crippen MR) is 98.3 cm³/mol. The van der Waals surface area contributed by atoms with Crippen molar-refractivity contribution in [2.75, 3.05) is 5.32 Å². The van der Waals surface area contributed by atoms with Gasteiger partial charge in [0.25, 0.3) is 11.6 Å². The Labute approximate surface area is 150 Å². The molecule has 0 spiro atoms. The summed E-state index contributed by atoms with van der Waals surface area (Å²) in [6, 6.07) is 22.3. The second-order valence-electron chi connectivity index (χ2n) is 5.56. The molecule has 6 nitrogen and oxygen atoms in total. The number of para-hydroxylation sites is 1. The van der Waals surface area contributed by atoms with E-state index in [1.165, 1.54) is 24.3 Å². The number of benzene rings is 3. The first-order valence-electron chi connectivity index (χ1n) is 7.94. The van der Waals surface area contributed by atoms with E-state index in [4.69, 9.17) is 4.74 Å². The Morgan fingerprint density at radius 1 is 0.923 bits per heavy atom. The van der Waals surface area contributed by atoms with Crippen LogP contribution in [0.5, 0.6) is 5.75 Å². The molecule has 0 saturated heterocycles. The lowest BCUT2D eigenvalue weighted by Crippen LogP contribution is -2.11. The monoisotopic (exact) mass is 348 g/mol. The van der Waals surface area contributed by atoms with Crippen LogP contribution in [0.1, 0.15) is 15.9 Å². The third kappa shape index (κ3) is 4.45. The van der Waals surface area contributed by atoms with E-state index in [9.17, 15) is 14.9 Å². The molecule has 0 fully saturated rings. The van der Waals surface area contributed by atoms with Crippen LogP contribution in [0.15, 0.2) is 78.9 Å². The van der Waals surface area contributed by atoms with E-state index in [2.05, 4.69) is 5.32 Å². The Kier molecular flexibility index (Phi) is 5.24. The SMILES string of the molecule is O=C(Nc1ccc([N+](=O)[O-])cc1)c1ccc(COc2ccccc2)cc1. The highest BCUT2D eigenvalue weighted by Crippen LogP contribution is 2.17. The summed E-state index contributed by atoms with van der Waals surface area (Å²) >= 11 is 0. The lowest BCUT2D eigenvalue weighted by atomic mass is 10.1. The highest BCUT2D eigenvalue weighted by Gasteiger charge is 2.08. The number of non-ortho nitro benzene ring substituents is 1. The molecular weight excluding hydrogens is 332 g/mol. The van der Waals surface area contributed by atoms with Crippen molar-refractivity contribution in [3.63, 3.8) is 0 Å². The maximum Gasteiger partial charge on any atom is 0.269 e. The number of hydrogen-bond donors (Lipinski definition) is 1. The van der Waals surface area contributed by atoms with Crippen molar-refractivity contribution in [2.24, 2.45) is 0 Å². The maximum atomic E-state index is 12.2. The Morgan fingerprint density at radius 3 is 2.19 bits per heavy atom. The number of rotatable bonds is 6. The molecule has 0 unspecified atom stereocenters. The largest absolute Gasteiger partial charge is 0.489 e. The number of carbonyl (C=O) groups is 1. The molecule has 0 heterocycles. The van der Waals surface area contributed by atoms with Crippen molar-refractivity contribution in [1.29, 1.82) is 0 Å². The fourth-order valence-corrected chi connectivity index (χ4v) is 2.31. The third-order valence-electron chi connectivity index (χ3n) is 3.70. The zero-order valence-electron chi connectivity index (χ0n) is 13.8. The van der Waals surface area contributed by atoms with Gasteiger partial charge in [0.2, 0.25) is 0 Å². The number of amides is 1. The van der Waals surface area contributed by atoms with Crippen molar-refractivity contribution < 1.29 is 14.5 Å². The summed E-state index contributed by atoms with van der Waals surface area (Å²) in [5, 5.41) is 13.3. The summed E-state index contributed by atoms with van der Waals surface area (Å²) in [5.41, 5.74) is 1.91. The summed E-state index contributed by atoms with van der Waals surface area (Å²) in [4.78, 5) is 22.4. The molecule has 0 aliphatic rings. The number of nitro groups is 1. The van der Waals surface area contributed by atoms with Crippen LogP contribution in [0.2, 0.25) is 0 Å². The predicted octanol–water partition coefficient (Wildman–Crippen LogP) is 4.43. The quantitative estimate of drug-likeness (QED) is 0.528. The Hall–Kier alpha value is -3.67. The van der Waals surface area contributed by atoms with Gasteiger partial charge in [-0.1, -0.05) is 30.3 Å². The van der Waals surface area contributed by atoms with Crippen LogP contribution in [0.3, 0.4) is 0 Å². The lowest BCUT2D eigenvalue weighted by Gasteiger charge is -2.08. The number of nitro benzene ring substituents is 1. The summed E-state index contributed by atoms with van der Waals surface area (Å²) < 4.78 is 5.66. The summed E-state index contributed by atoms with van der Waals surface area (Å²) in [6.45, 7) is 0.411. The molecule has 3 aromatic rings. The van der Waals surface area contributed by atoms with Crippen molar-refractivity contribution in [3.05, 3.63) is 100 Å². The van der Waals surface area contributed by atoms with Crippen molar-refractivity contribution in [1.82, 2.24) is 0 Å². The summed E-state index contributed by atoms with van der Waals surface area (Å²) in [5.74, 6) is 0.502. The molecule has 0 saturated carbocycles. The van der Waals surface area contributed by atoms with Gasteiger partial charge < -0.3 is 10.1 Å². The molecule has 0 aliphatic heterocycles. The minimum Gasteiger partial charge on any atom is -0.489 e. The third-order valence-corrected chi connectivity index (χ3v) is 3.70. The fourth-order valence-electron chi connectivity index (χ4n) is 2.31. The highest BCUT2D eigenvalue weighted by atomic mass is 16.6. The molecule has 0 bridgehead atoms. The number of nitrogens with zero attached hydrogens (tertiary/aromatic N) is 1. The number of ether oxygens (including phenoxy) is 1. The van der Waals surface area contributed by atoms with Gasteiger partial charge >= 0.3 is 0 Å². The van der Waals surface area contributed by atoms with Gasteiger partial charge in [-0.15, -0.1) is 0 Å². The van der Waals surface area contributed by atoms with Crippen molar-refractivity contribution in [3.8, 4) is 5.75 Å². The molecule has 3 rings (SSSR count). The van der Waals surface area contributed by atoms with Crippen molar-refractivity contribution >= 4 is 17.3 Å². The minimum absolute atomic E-state index is 0.0224. The first-order valence-corrected chi connectivity index (χ1v) is 7.94. The van der Waals surface area contributed by atoms with E-state index in [1.807, 2.05) is 42.5 Å². The Bertz CT molecular complexity index is 891. The van der Waals surface area contributed by atoms with Crippen LogP contribution >= 0.6 is 0 Å². The zero-order chi connectivity index (χ0) is 18.4. The number of anilines is 1. The smallest absolute Gasteiger partial charge is 0.269 e. The van der Waals surface area contributed by atoms with E-state index < -0.39 is 4.92 Å². The van der Waals surface area contributed by atoms with E-state index in [-0.39, 0.29) is 11.6 Å². The molecule has 0 aliphatic carbocycles. The molecule has 130 valence electrons. The van der Waals surface area contributed by atoms with Gasteiger partial charge in [0.1, 0.15) is 12.4 Å². The van der Waals surface area contributed by atoms with Gasteiger partial charge in [-0.05, 0) is 42.0 Å². The average molecular weight is 348 g/mol. The van der Waals surface area contributed by atoms with Gasteiger partial charge in [-0.25, -0.2) is 0 Å². The number of hydrogen-bond acceptors (Lipinski definition) is 4. The first-order chi connectivity index (χ1) is 12.6. The van der Waals surface area contributed by atoms with Gasteiger partial charge in [-0.2, -0.15) is 0 Å². The summed E-state index contributed by atoms with van der Waals surface area (Å²) in [7, 11) is 0. The average Bonchev–Trinajstić information content (AvgIpc) is 2.68. The van der Waals surface area contributed by atoms with Crippen LogP contribution < -0.4 is 10.1 Å².